The molecule has 2 rings (SSSR count). The summed E-state index contributed by atoms with van der Waals surface area (Å²) in [6.07, 6.45) is 6.83. The standard InChI is InChI=1S/C18H24N2O3/c1-14(17(21)22)20-13-15-7-9-18(10-8-15,23-12-11-19)16-5-3-2-4-6-16/h2-9,14,20H,10-13,19H2,1H3,(H,21,22)/t14-,18?/m0/s1. The van der Waals surface area contributed by atoms with Crippen LogP contribution in [0, 0.1) is 0 Å². The number of benzene rings is 1. The molecule has 0 heterocycles. The zero-order valence-electron chi connectivity index (χ0n) is 13.4. The SMILES string of the molecule is C[C@H](NCC1=CCC(OCCN)(c2ccccc2)C=C1)C(=O)O. The molecule has 0 amide bonds. The van der Waals surface area contributed by atoms with Gasteiger partial charge in [0.25, 0.3) is 0 Å². The Kier molecular flexibility index (Phi) is 6.10. The molecule has 0 spiro atoms. The van der Waals surface area contributed by atoms with Gasteiger partial charge in [-0.15, -0.1) is 0 Å². The topological polar surface area (TPSA) is 84.6 Å². The summed E-state index contributed by atoms with van der Waals surface area (Å²) in [6, 6.07) is 9.48. The first-order valence-corrected chi connectivity index (χ1v) is 7.81. The molecule has 0 saturated heterocycles. The van der Waals surface area contributed by atoms with Crippen LogP contribution in [0.15, 0.2) is 54.1 Å². The molecule has 0 radical (unpaired) electrons. The molecule has 5 nitrogen and oxygen atoms in total. The Balaban J connectivity index is 2.07. The highest BCUT2D eigenvalue weighted by Gasteiger charge is 2.31. The van der Waals surface area contributed by atoms with Crippen molar-refractivity contribution in [3.8, 4) is 0 Å². The molecule has 2 atom stereocenters. The third-order valence-electron chi connectivity index (χ3n) is 3.96. The lowest BCUT2D eigenvalue weighted by Crippen LogP contribution is -2.36. The van der Waals surface area contributed by atoms with E-state index in [0.717, 1.165) is 11.1 Å². The average molecular weight is 316 g/mol. The molecule has 1 aliphatic carbocycles. The molecule has 0 saturated carbocycles. The van der Waals surface area contributed by atoms with Crippen LogP contribution < -0.4 is 11.1 Å². The summed E-state index contributed by atoms with van der Waals surface area (Å²) in [5.41, 5.74) is 7.24. The summed E-state index contributed by atoms with van der Waals surface area (Å²) in [4.78, 5) is 10.8. The van der Waals surface area contributed by atoms with Gasteiger partial charge in [0.05, 0.1) is 6.61 Å². The van der Waals surface area contributed by atoms with Crippen LogP contribution in [-0.4, -0.2) is 36.8 Å². The van der Waals surface area contributed by atoms with E-state index in [0.29, 0.717) is 26.1 Å². The molecule has 5 heteroatoms. The van der Waals surface area contributed by atoms with E-state index in [1.165, 1.54) is 0 Å². The smallest absolute Gasteiger partial charge is 0.320 e. The Morgan fingerprint density at radius 1 is 1.43 bits per heavy atom. The summed E-state index contributed by atoms with van der Waals surface area (Å²) in [7, 11) is 0. The van der Waals surface area contributed by atoms with Gasteiger partial charge in [0, 0.05) is 19.5 Å². The van der Waals surface area contributed by atoms with Gasteiger partial charge in [0.1, 0.15) is 11.6 Å². The van der Waals surface area contributed by atoms with Crippen molar-refractivity contribution in [2.24, 2.45) is 5.73 Å². The summed E-state index contributed by atoms with van der Waals surface area (Å²) in [5, 5.41) is 11.9. The van der Waals surface area contributed by atoms with Crippen LogP contribution in [-0.2, 0) is 15.1 Å². The zero-order valence-corrected chi connectivity index (χ0v) is 13.4. The van der Waals surface area contributed by atoms with Crippen molar-refractivity contribution in [3.63, 3.8) is 0 Å². The molecule has 124 valence electrons. The Hall–Kier alpha value is -1.95. The summed E-state index contributed by atoms with van der Waals surface area (Å²) in [5.74, 6) is -0.852. The van der Waals surface area contributed by atoms with Crippen LogP contribution >= 0.6 is 0 Å². The second kappa shape index (κ2) is 8.06. The largest absolute Gasteiger partial charge is 0.480 e. The van der Waals surface area contributed by atoms with E-state index in [1.807, 2.05) is 42.5 Å². The van der Waals surface area contributed by atoms with Gasteiger partial charge in [-0.1, -0.05) is 42.5 Å². The second-order valence-corrected chi connectivity index (χ2v) is 5.65. The van der Waals surface area contributed by atoms with Crippen molar-refractivity contribution < 1.29 is 14.6 Å². The lowest BCUT2D eigenvalue weighted by Gasteiger charge is -2.33. The van der Waals surface area contributed by atoms with E-state index in [9.17, 15) is 4.79 Å². The van der Waals surface area contributed by atoms with E-state index < -0.39 is 17.6 Å². The van der Waals surface area contributed by atoms with Crippen LogP contribution in [0.1, 0.15) is 18.9 Å². The first-order valence-electron chi connectivity index (χ1n) is 7.81. The van der Waals surface area contributed by atoms with Crippen LogP contribution in [0.4, 0.5) is 0 Å². The third-order valence-corrected chi connectivity index (χ3v) is 3.96. The molecule has 0 fully saturated rings. The number of rotatable bonds is 8. The number of nitrogens with one attached hydrogen (secondary N) is 1. The molecule has 0 aliphatic heterocycles. The Labute approximate surface area is 136 Å². The minimum absolute atomic E-state index is 0.469. The fourth-order valence-corrected chi connectivity index (χ4v) is 2.52. The fourth-order valence-electron chi connectivity index (χ4n) is 2.52. The Morgan fingerprint density at radius 2 is 2.17 bits per heavy atom. The van der Waals surface area contributed by atoms with Crippen LogP contribution in [0.2, 0.25) is 0 Å². The predicted molar refractivity (Wildman–Crippen MR) is 90.1 cm³/mol. The molecule has 1 aliphatic rings. The van der Waals surface area contributed by atoms with Crippen molar-refractivity contribution in [2.45, 2.75) is 25.0 Å². The number of hydrogen-bond donors (Lipinski definition) is 3. The van der Waals surface area contributed by atoms with Crippen LogP contribution in [0.5, 0.6) is 0 Å². The molecule has 1 aromatic rings. The Morgan fingerprint density at radius 3 is 2.74 bits per heavy atom. The molecule has 0 bridgehead atoms. The minimum atomic E-state index is -0.852. The minimum Gasteiger partial charge on any atom is -0.480 e. The summed E-state index contributed by atoms with van der Waals surface area (Å²) in [6.45, 7) is 3.10. The predicted octanol–water partition coefficient (Wildman–Crippen LogP) is 1.81. The highest BCUT2D eigenvalue weighted by molar-refractivity contribution is 5.72. The monoisotopic (exact) mass is 316 g/mol. The first-order chi connectivity index (χ1) is 11.1. The molecule has 23 heavy (non-hydrogen) atoms. The van der Waals surface area contributed by atoms with Crippen LogP contribution in [0.25, 0.3) is 0 Å². The number of nitrogens with two attached hydrogens (primary N) is 1. The van der Waals surface area contributed by atoms with E-state index in [-0.39, 0.29) is 0 Å². The molecule has 0 aromatic heterocycles. The van der Waals surface area contributed by atoms with Crippen molar-refractivity contribution in [3.05, 3.63) is 59.7 Å². The van der Waals surface area contributed by atoms with Gasteiger partial charge in [-0.25, -0.2) is 0 Å². The van der Waals surface area contributed by atoms with E-state index in [2.05, 4.69) is 11.4 Å². The maximum Gasteiger partial charge on any atom is 0.320 e. The molecular formula is C18H24N2O3. The lowest BCUT2D eigenvalue weighted by atomic mass is 9.85. The maximum absolute atomic E-state index is 10.8. The van der Waals surface area contributed by atoms with Gasteiger partial charge in [-0.3, -0.25) is 4.79 Å². The molecule has 1 aromatic carbocycles. The van der Waals surface area contributed by atoms with Crippen molar-refractivity contribution in [2.75, 3.05) is 19.7 Å². The van der Waals surface area contributed by atoms with Crippen LogP contribution in [0.3, 0.4) is 0 Å². The van der Waals surface area contributed by atoms with Gasteiger partial charge >= 0.3 is 5.97 Å². The number of aliphatic carboxylic acids is 1. The number of ether oxygens (including phenoxy) is 1. The van der Waals surface area contributed by atoms with Gasteiger partial charge in [-0.05, 0) is 24.1 Å². The zero-order chi connectivity index (χ0) is 16.7. The fraction of sp³-hybridized carbons (Fsp3) is 0.389. The maximum atomic E-state index is 10.8. The second-order valence-electron chi connectivity index (χ2n) is 5.65. The summed E-state index contributed by atoms with van der Waals surface area (Å²) < 4.78 is 6.05. The Bertz CT molecular complexity index is 583. The lowest BCUT2D eigenvalue weighted by molar-refractivity contribution is -0.138. The molecule has 4 N–H and O–H groups in total. The van der Waals surface area contributed by atoms with Gasteiger partial charge in [-0.2, -0.15) is 0 Å². The number of carboxylic acid groups (broad SMARTS) is 1. The van der Waals surface area contributed by atoms with Crippen molar-refractivity contribution in [1.29, 1.82) is 0 Å². The number of hydrogen-bond acceptors (Lipinski definition) is 4. The van der Waals surface area contributed by atoms with Crippen molar-refractivity contribution >= 4 is 5.97 Å². The normalized spacial score (nSPS) is 21.7. The first kappa shape index (κ1) is 17.4. The quantitative estimate of drug-likeness (QED) is 0.681. The highest BCUT2D eigenvalue weighted by atomic mass is 16.5. The van der Waals surface area contributed by atoms with Gasteiger partial charge < -0.3 is 20.9 Å². The number of carboxylic acids is 1. The highest BCUT2D eigenvalue weighted by Crippen LogP contribution is 2.35. The van der Waals surface area contributed by atoms with Gasteiger partial charge in [0.15, 0.2) is 0 Å². The van der Waals surface area contributed by atoms with Crippen molar-refractivity contribution in [1.82, 2.24) is 5.32 Å². The van der Waals surface area contributed by atoms with E-state index in [4.69, 9.17) is 15.6 Å². The van der Waals surface area contributed by atoms with E-state index >= 15 is 0 Å². The van der Waals surface area contributed by atoms with E-state index in [1.54, 1.807) is 6.92 Å². The number of carbonyl (C=O) groups is 1. The van der Waals surface area contributed by atoms with Gasteiger partial charge in [0.2, 0.25) is 0 Å². The molecule has 1 unspecified atom stereocenters. The average Bonchev–Trinajstić information content (AvgIpc) is 2.59. The molecular weight excluding hydrogens is 292 g/mol. The summed E-state index contributed by atoms with van der Waals surface area (Å²) >= 11 is 0. The third kappa shape index (κ3) is 4.51.